The van der Waals surface area contributed by atoms with Gasteiger partial charge in [-0.15, -0.1) is 0 Å². The van der Waals surface area contributed by atoms with Gasteiger partial charge >= 0.3 is 0 Å². The second-order valence-electron chi connectivity index (χ2n) is 5.67. The lowest BCUT2D eigenvalue weighted by molar-refractivity contribution is 0.179. The van der Waals surface area contributed by atoms with Gasteiger partial charge < -0.3 is 15.4 Å². The molecule has 0 amide bonds. The van der Waals surface area contributed by atoms with Crippen molar-refractivity contribution in [3.8, 4) is 0 Å². The molecular formula is C16H28N4O3S. The first-order valence-electron chi connectivity index (χ1n) is 7.83. The zero-order valence-electron chi connectivity index (χ0n) is 15.0. The third-order valence-electron chi connectivity index (χ3n) is 3.37. The number of benzene rings is 1. The van der Waals surface area contributed by atoms with E-state index in [9.17, 15) is 8.42 Å². The molecule has 1 rings (SSSR count). The van der Waals surface area contributed by atoms with Gasteiger partial charge in [0, 0.05) is 33.3 Å². The molecule has 1 aromatic rings. The van der Waals surface area contributed by atoms with Crippen molar-refractivity contribution in [2.24, 2.45) is 4.99 Å². The van der Waals surface area contributed by atoms with Gasteiger partial charge in [0.25, 0.3) is 0 Å². The molecule has 0 radical (unpaired) electrons. The van der Waals surface area contributed by atoms with Crippen LogP contribution in [-0.4, -0.2) is 54.3 Å². The summed E-state index contributed by atoms with van der Waals surface area (Å²) in [4.78, 5) is 4.41. The summed E-state index contributed by atoms with van der Waals surface area (Å²) in [5.41, 5.74) is 1.64. The second kappa shape index (κ2) is 9.61. The summed E-state index contributed by atoms with van der Waals surface area (Å²) < 4.78 is 32.4. The first kappa shape index (κ1) is 20.4. The highest BCUT2D eigenvalue weighted by atomic mass is 32.2. The van der Waals surface area contributed by atoms with E-state index in [1.54, 1.807) is 27.1 Å². The molecule has 3 N–H and O–H groups in total. The molecule has 1 aromatic carbocycles. The Labute approximate surface area is 145 Å². The van der Waals surface area contributed by atoms with E-state index in [2.05, 4.69) is 20.3 Å². The number of ether oxygens (including phenoxy) is 1. The lowest BCUT2D eigenvalue weighted by Crippen LogP contribution is -2.46. The molecule has 1 unspecified atom stereocenters. The number of rotatable bonds is 8. The second-order valence-corrected chi connectivity index (χ2v) is 7.40. The Morgan fingerprint density at radius 3 is 2.62 bits per heavy atom. The fourth-order valence-electron chi connectivity index (χ4n) is 2.16. The number of nitrogens with one attached hydrogen (secondary N) is 3. The van der Waals surface area contributed by atoms with E-state index in [0.717, 1.165) is 11.1 Å². The Morgan fingerprint density at radius 2 is 2.00 bits per heavy atom. The molecule has 0 aliphatic heterocycles. The number of aryl methyl sites for hydroxylation is 2. The van der Waals surface area contributed by atoms with Crippen molar-refractivity contribution in [3.63, 3.8) is 0 Å². The summed E-state index contributed by atoms with van der Waals surface area (Å²) in [5, 5.41) is 6.22. The van der Waals surface area contributed by atoms with Crippen LogP contribution in [0.2, 0.25) is 0 Å². The maximum Gasteiger partial charge on any atom is 0.240 e. The van der Waals surface area contributed by atoms with Gasteiger partial charge in [-0.2, -0.15) is 0 Å². The Bertz CT molecular complexity index is 659. The van der Waals surface area contributed by atoms with Crippen LogP contribution in [0.5, 0.6) is 0 Å². The zero-order chi connectivity index (χ0) is 18.2. The predicted molar refractivity (Wildman–Crippen MR) is 96.9 cm³/mol. The third kappa shape index (κ3) is 6.46. The molecule has 1 atom stereocenters. The smallest absolute Gasteiger partial charge is 0.240 e. The van der Waals surface area contributed by atoms with Crippen LogP contribution < -0.4 is 15.4 Å². The molecule has 0 aromatic heterocycles. The SMILES string of the molecule is CN=C(NCCNS(=O)(=O)c1cc(C)ccc1C)NC(C)COC. The monoisotopic (exact) mass is 356 g/mol. The third-order valence-corrected chi connectivity index (χ3v) is 4.97. The van der Waals surface area contributed by atoms with Crippen LogP contribution in [0.15, 0.2) is 28.1 Å². The molecule has 0 aliphatic carbocycles. The molecule has 0 fully saturated rings. The molecule has 0 heterocycles. The summed E-state index contributed by atoms with van der Waals surface area (Å²) in [6.45, 7) is 6.87. The number of methoxy groups -OCH3 is 1. The van der Waals surface area contributed by atoms with Gasteiger partial charge in [-0.05, 0) is 38.0 Å². The molecule has 7 nitrogen and oxygen atoms in total. The van der Waals surface area contributed by atoms with Gasteiger partial charge in [-0.1, -0.05) is 12.1 Å². The van der Waals surface area contributed by atoms with Gasteiger partial charge in [-0.25, -0.2) is 13.1 Å². The maximum absolute atomic E-state index is 12.4. The molecule has 0 saturated carbocycles. The number of guanidine groups is 1. The summed E-state index contributed by atoms with van der Waals surface area (Å²) >= 11 is 0. The summed E-state index contributed by atoms with van der Waals surface area (Å²) in [5.74, 6) is 0.602. The Kier molecular flexibility index (Phi) is 8.17. The number of nitrogens with zero attached hydrogens (tertiary/aromatic N) is 1. The fourth-order valence-corrected chi connectivity index (χ4v) is 3.52. The first-order chi connectivity index (χ1) is 11.3. The van der Waals surface area contributed by atoms with Crippen molar-refractivity contribution >= 4 is 16.0 Å². The van der Waals surface area contributed by atoms with Crippen molar-refractivity contribution in [2.75, 3.05) is 33.9 Å². The van der Waals surface area contributed by atoms with E-state index in [1.165, 1.54) is 0 Å². The van der Waals surface area contributed by atoms with Crippen molar-refractivity contribution in [2.45, 2.75) is 31.7 Å². The van der Waals surface area contributed by atoms with E-state index in [0.29, 0.717) is 24.0 Å². The number of hydrogen-bond donors (Lipinski definition) is 3. The van der Waals surface area contributed by atoms with E-state index < -0.39 is 10.0 Å². The standard InChI is InChI=1S/C16H28N4O3S/c1-12-6-7-13(2)15(10-12)24(21,22)19-9-8-18-16(17-4)20-14(3)11-23-5/h6-7,10,14,19H,8-9,11H2,1-5H3,(H2,17,18,20). The normalized spacial score (nSPS) is 13.6. The minimum absolute atomic E-state index is 0.104. The molecule has 136 valence electrons. The van der Waals surface area contributed by atoms with E-state index in [-0.39, 0.29) is 12.6 Å². The van der Waals surface area contributed by atoms with Crippen LogP contribution in [0.25, 0.3) is 0 Å². The summed E-state index contributed by atoms with van der Waals surface area (Å²) in [7, 11) is -0.223. The van der Waals surface area contributed by atoms with Gasteiger partial charge in [-0.3, -0.25) is 4.99 Å². The van der Waals surface area contributed by atoms with Crippen LogP contribution in [0.4, 0.5) is 0 Å². The van der Waals surface area contributed by atoms with Crippen LogP contribution in [0, 0.1) is 13.8 Å². The maximum atomic E-state index is 12.4. The molecule has 24 heavy (non-hydrogen) atoms. The fraction of sp³-hybridized carbons (Fsp3) is 0.562. The predicted octanol–water partition coefficient (Wildman–Crippen LogP) is 0.782. The lowest BCUT2D eigenvalue weighted by atomic mass is 10.2. The number of hydrogen-bond acceptors (Lipinski definition) is 4. The zero-order valence-corrected chi connectivity index (χ0v) is 15.8. The summed E-state index contributed by atoms with van der Waals surface area (Å²) in [6, 6.07) is 5.49. The van der Waals surface area contributed by atoms with Gasteiger partial charge in [0.05, 0.1) is 11.5 Å². The first-order valence-corrected chi connectivity index (χ1v) is 9.31. The van der Waals surface area contributed by atoms with E-state index in [1.807, 2.05) is 26.0 Å². The summed E-state index contributed by atoms with van der Waals surface area (Å²) in [6.07, 6.45) is 0. The van der Waals surface area contributed by atoms with Crippen LogP contribution in [0.3, 0.4) is 0 Å². The highest BCUT2D eigenvalue weighted by Crippen LogP contribution is 2.16. The highest BCUT2D eigenvalue weighted by Gasteiger charge is 2.16. The molecule has 8 heteroatoms. The lowest BCUT2D eigenvalue weighted by Gasteiger charge is -2.17. The van der Waals surface area contributed by atoms with Gasteiger partial charge in [0.1, 0.15) is 0 Å². The average molecular weight is 356 g/mol. The van der Waals surface area contributed by atoms with Crippen molar-refractivity contribution in [1.82, 2.24) is 15.4 Å². The van der Waals surface area contributed by atoms with E-state index in [4.69, 9.17) is 4.74 Å². The molecule has 0 saturated heterocycles. The quantitative estimate of drug-likeness (QED) is 0.364. The Hall–Kier alpha value is -1.64. The molecule has 0 spiro atoms. The van der Waals surface area contributed by atoms with Crippen LogP contribution in [-0.2, 0) is 14.8 Å². The van der Waals surface area contributed by atoms with Crippen molar-refractivity contribution in [3.05, 3.63) is 29.3 Å². The number of aliphatic imine (C=N–C) groups is 1. The average Bonchev–Trinajstić information content (AvgIpc) is 2.52. The number of sulfonamides is 1. The molecule has 0 bridgehead atoms. The minimum atomic E-state index is -3.52. The molecule has 0 aliphatic rings. The van der Waals surface area contributed by atoms with Gasteiger partial charge in [0.15, 0.2) is 5.96 Å². The van der Waals surface area contributed by atoms with Gasteiger partial charge in [0.2, 0.25) is 10.0 Å². The van der Waals surface area contributed by atoms with Crippen LogP contribution in [0.1, 0.15) is 18.1 Å². The largest absolute Gasteiger partial charge is 0.383 e. The highest BCUT2D eigenvalue weighted by molar-refractivity contribution is 7.89. The van der Waals surface area contributed by atoms with Crippen molar-refractivity contribution < 1.29 is 13.2 Å². The van der Waals surface area contributed by atoms with E-state index >= 15 is 0 Å². The minimum Gasteiger partial charge on any atom is -0.383 e. The Morgan fingerprint density at radius 1 is 1.29 bits per heavy atom. The van der Waals surface area contributed by atoms with Crippen molar-refractivity contribution in [1.29, 1.82) is 0 Å². The Balaban J connectivity index is 2.53. The van der Waals surface area contributed by atoms with Crippen LogP contribution >= 0.6 is 0 Å². The topological polar surface area (TPSA) is 91.8 Å². The molecular weight excluding hydrogens is 328 g/mol.